The summed E-state index contributed by atoms with van der Waals surface area (Å²) in [5.74, 6) is -2.01. The third-order valence-electron chi connectivity index (χ3n) is 2.45. The molecule has 0 N–H and O–H groups in total. The van der Waals surface area contributed by atoms with Crippen LogP contribution in [-0.2, 0) is 6.18 Å². The monoisotopic (exact) mass is 301 g/mol. The molecule has 0 fully saturated rings. The number of rotatable bonds is 3. The Kier molecular flexibility index (Phi) is 4.21. The van der Waals surface area contributed by atoms with E-state index in [4.69, 9.17) is 0 Å². The lowest BCUT2D eigenvalue weighted by Crippen LogP contribution is -2.08. The van der Waals surface area contributed by atoms with E-state index in [0.717, 1.165) is 24.4 Å². The molecule has 0 aliphatic heterocycles. The minimum absolute atomic E-state index is 0.220. The van der Waals surface area contributed by atoms with Gasteiger partial charge in [-0.1, -0.05) is 23.4 Å². The van der Waals surface area contributed by atoms with Crippen LogP contribution >= 0.6 is 0 Å². The molecule has 0 spiro atoms. The zero-order valence-corrected chi connectivity index (χ0v) is 10.4. The topological polar surface area (TPSA) is 21.6 Å². The third kappa shape index (κ3) is 4.01. The zero-order valence-electron chi connectivity index (χ0n) is 10.4. The first kappa shape index (κ1) is 15.0. The van der Waals surface area contributed by atoms with E-state index >= 15 is 0 Å². The molecule has 2 aromatic carbocycles. The van der Waals surface area contributed by atoms with Gasteiger partial charge >= 0.3 is 6.18 Å². The van der Waals surface area contributed by atoms with Gasteiger partial charge in [-0.2, -0.15) is 13.2 Å². The fourth-order valence-corrected chi connectivity index (χ4v) is 1.59. The highest BCUT2D eigenvalue weighted by Crippen LogP contribution is 2.31. The fraction of sp³-hybridized carbons (Fsp3) is 0.0714. The molecule has 0 bridgehead atoms. The van der Waals surface area contributed by atoms with Crippen molar-refractivity contribution in [2.45, 2.75) is 6.18 Å². The van der Waals surface area contributed by atoms with E-state index in [1.807, 2.05) is 0 Å². The quantitative estimate of drug-likeness (QED) is 0.468. The maximum atomic E-state index is 12.9. The van der Waals surface area contributed by atoms with Crippen LogP contribution in [0.1, 0.15) is 11.1 Å². The Morgan fingerprint density at radius 2 is 1.57 bits per heavy atom. The van der Waals surface area contributed by atoms with Gasteiger partial charge in [-0.25, -0.2) is 8.78 Å². The molecule has 2 aromatic rings. The molecule has 0 aliphatic carbocycles. The van der Waals surface area contributed by atoms with Crippen molar-refractivity contribution in [2.24, 2.45) is 5.16 Å². The first-order valence-electron chi connectivity index (χ1n) is 5.69. The lowest BCUT2D eigenvalue weighted by Gasteiger charge is -2.08. The van der Waals surface area contributed by atoms with Crippen LogP contribution < -0.4 is 4.84 Å². The molecule has 0 radical (unpaired) electrons. The van der Waals surface area contributed by atoms with Gasteiger partial charge in [0.1, 0.15) is 11.6 Å². The van der Waals surface area contributed by atoms with E-state index in [2.05, 4.69) is 9.99 Å². The highest BCUT2D eigenvalue weighted by atomic mass is 19.4. The Balaban J connectivity index is 2.19. The fourth-order valence-electron chi connectivity index (χ4n) is 1.59. The standard InChI is InChI=1S/C14H8F5NO/c15-10-5-11(16)7-12(6-10)21-20-8-9-3-1-2-4-13(9)14(17,18)19/h1-8H/b20-8+. The molecule has 0 saturated heterocycles. The number of hydrogen-bond donors (Lipinski definition) is 0. The Labute approximate surface area is 116 Å². The van der Waals surface area contributed by atoms with Crippen LogP contribution in [0.5, 0.6) is 5.75 Å². The molecule has 0 aromatic heterocycles. The van der Waals surface area contributed by atoms with E-state index in [9.17, 15) is 22.0 Å². The SMILES string of the molecule is Fc1cc(F)cc(O/N=C/c2ccccc2C(F)(F)F)c1. The lowest BCUT2D eigenvalue weighted by atomic mass is 10.1. The molecule has 21 heavy (non-hydrogen) atoms. The zero-order chi connectivity index (χ0) is 15.5. The van der Waals surface area contributed by atoms with E-state index in [1.54, 1.807) is 0 Å². The summed E-state index contributed by atoms with van der Waals surface area (Å²) in [6.45, 7) is 0. The molecule has 2 nitrogen and oxygen atoms in total. The van der Waals surface area contributed by atoms with Crippen molar-refractivity contribution in [3.8, 4) is 5.75 Å². The van der Waals surface area contributed by atoms with Gasteiger partial charge in [-0.15, -0.1) is 0 Å². The summed E-state index contributed by atoms with van der Waals surface area (Å²) in [6, 6.07) is 7.08. The molecule has 0 atom stereocenters. The summed E-state index contributed by atoms with van der Waals surface area (Å²) in [6.07, 6.45) is -3.71. The number of nitrogens with zero attached hydrogens (tertiary/aromatic N) is 1. The van der Waals surface area contributed by atoms with Crippen LogP contribution in [-0.4, -0.2) is 6.21 Å². The van der Waals surface area contributed by atoms with Crippen molar-refractivity contribution >= 4 is 6.21 Å². The second-order valence-corrected chi connectivity index (χ2v) is 4.02. The molecule has 2 rings (SSSR count). The van der Waals surface area contributed by atoms with Crippen LogP contribution in [0, 0.1) is 11.6 Å². The van der Waals surface area contributed by atoms with Gasteiger partial charge < -0.3 is 4.84 Å². The van der Waals surface area contributed by atoms with Crippen molar-refractivity contribution in [1.29, 1.82) is 0 Å². The molecule has 0 heterocycles. The second-order valence-electron chi connectivity index (χ2n) is 4.02. The predicted molar refractivity (Wildman–Crippen MR) is 66.0 cm³/mol. The average Bonchev–Trinajstić information content (AvgIpc) is 2.37. The molecule has 0 amide bonds. The van der Waals surface area contributed by atoms with Gasteiger partial charge in [0.25, 0.3) is 0 Å². The van der Waals surface area contributed by atoms with Crippen molar-refractivity contribution in [3.63, 3.8) is 0 Å². The Hall–Kier alpha value is -2.44. The van der Waals surface area contributed by atoms with Crippen molar-refractivity contribution in [1.82, 2.24) is 0 Å². The van der Waals surface area contributed by atoms with Crippen LogP contribution in [0.25, 0.3) is 0 Å². The minimum Gasteiger partial charge on any atom is -0.357 e. The largest absolute Gasteiger partial charge is 0.417 e. The maximum Gasteiger partial charge on any atom is 0.417 e. The summed E-state index contributed by atoms with van der Waals surface area (Å²) < 4.78 is 63.9. The van der Waals surface area contributed by atoms with Gasteiger partial charge in [0.15, 0.2) is 5.75 Å². The lowest BCUT2D eigenvalue weighted by molar-refractivity contribution is -0.137. The van der Waals surface area contributed by atoms with E-state index in [-0.39, 0.29) is 11.3 Å². The summed E-state index contributed by atoms with van der Waals surface area (Å²) in [7, 11) is 0. The van der Waals surface area contributed by atoms with Crippen molar-refractivity contribution < 1.29 is 26.8 Å². The molecule has 110 valence electrons. The minimum atomic E-state index is -4.53. The Morgan fingerprint density at radius 1 is 0.952 bits per heavy atom. The molecule has 0 saturated carbocycles. The number of benzene rings is 2. The highest BCUT2D eigenvalue weighted by molar-refractivity contribution is 5.81. The molecular formula is C14H8F5NO. The Bertz CT molecular complexity index is 646. The van der Waals surface area contributed by atoms with Crippen molar-refractivity contribution in [2.75, 3.05) is 0 Å². The first-order valence-corrected chi connectivity index (χ1v) is 5.69. The molecular weight excluding hydrogens is 293 g/mol. The number of oxime groups is 1. The van der Waals surface area contributed by atoms with Crippen molar-refractivity contribution in [3.05, 3.63) is 65.2 Å². The highest BCUT2D eigenvalue weighted by Gasteiger charge is 2.32. The van der Waals surface area contributed by atoms with E-state index < -0.39 is 23.4 Å². The van der Waals surface area contributed by atoms with Crippen LogP contribution in [0.4, 0.5) is 22.0 Å². The first-order chi connectivity index (χ1) is 9.86. The van der Waals surface area contributed by atoms with Crippen LogP contribution in [0.2, 0.25) is 0 Å². The molecule has 0 unspecified atom stereocenters. The van der Waals surface area contributed by atoms with Gasteiger partial charge in [0.2, 0.25) is 0 Å². The number of halogens is 5. The van der Waals surface area contributed by atoms with E-state index in [0.29, 0.717) is 6.07 Å². The number of alkyl halides is 3. The van der Waals surface area contributed by atoms with Gasteiger partial charge in [-0.3, -0.25) is 0 Å². The predicted octanol–water partition coefficient (Wildman–Crippen LogP) is 4.40. The van der Waals surface area contributed by atoms with Crippen LogP contribution in [0.15, 0.2) is 47.6 Å². The van der Waals surface area contributed by atoms with Crippen LogP contribution in [0.3, 0.4) is 0 Å². The molecule has 7 heteroatoms. The normalized spacial score (nSPS) is 11.9. The summed E-state index contributed by atoms with van der Waals surface area (Å²) in [5, 5.41) is 3.31. The smallest absolute Gasteiger partial charge is 0.357 e. The summed E-state index contributed by atoms with van der Waals surface area (Å²) >= 11 is 0. The number of hydrogen-bond acceptors (Lipinski definition) is 2. The van der Waals surface area contributed by atoms with E-state index in [1.165, 1.54) is 18.2 Å². The summed E-state index contributed by atoms with van der Waals surface area (Å²) in [4.78, 5) is 4.66. The second kappa shape index (κ2) is 5.90. The third-order valence-corrected chi connectivity index (χ3v) is 2.45. The summed E-state index contributed by atoms with van der Waals surface area (Å²) in [5.41, 5.74) is -1.11. The Morgan fingerprint density at radius 3 is 2.19 bits per heavy atom. The maximum absolute atomic E-state index is 12.9. The van der Waals surface area contributed by atoms with Gasteiger partial charge in [-0.05, 0) is 6.07 Å². The van der Waals surface area contributed by atoms with Gasteiger partial charge in [0.05, 0.1) is 11.8 Å². The average molecular weight is 301 g/mol. The van der Waals surface area contributed by atoms with Gasteiger partial charge in [0, 0.05) is 23.8 Å². The molecule has 0 aliphatic rings.